The fourth-order valence-electron chi connectivity index (χ4n) is 4.35. The molecule has 112 valence electrons. The average Bonchev–Trinajstić information content (AvgIpc) is 3.11. The van der Waals surface area contributed by atoms with E-state index < -0.39 is 6.10 Å². The molecule has 4 rings (SSSR count). The Kier molecular flexibility index (Phi) is 3.05. The third-order valence-corrected chi connectivity index (χ3v) is 5.61. The molecule has 5 atom stereocenters. The van der Waals surface area contributed by atoms with Crippen molar-refractivity contribution < 1.29 is 9.90 Å². The third kappa shape index (κ3) is 2.00. The maximum absolute atomic E-state index is 12.8. The molecule has 1 heterocycles. The van der Waals surface area contributed by atoms with Crippen LogP contribution < -0.4 is 5.32 Å². The van der Waals surface area contributed by atoms with E-state index in [1.54, 1.807) is 4.90 Å². The number of aliphatic hydroxyl groups is 1. The number of likely N-dealkylation sites (N-methyl/N-ethyl adjacent to an activating group) is 1. The van der Waals surface area contributed by atoms with Crippen LogP contribution in [-0.2, 0) is 11.2 Å². The summed E-state index contributed by atoms with van der Waals surface area (Å²) < 4.78 is 0. The van der Waals surface area contributed by atoms with E-state index in [4.69, 9.17) is 0 Å². The van der Waals surface area contributed by atoms with Crippen LogP contribution >= 0.6 is 0 Å². The lowest BCUT2D eigenvalue weighted by Gasteiger charge is -2.26. The summed E-state index contributed by atoms with van der Waals surface area (Å²) in [6.45, 7) is 1.28. The fourth-order valence-corrected chi connectivity index (χ4v) is 4.35. The predicted molar refractivity (Wildman–Crippen MR) is 79.9 cm³/mol. The van der Waals surface area contributed by atoms with Crippen molar-refractivity contribution in [1.82, 2.24) is 10.2 Å². The van der Waals surface area contributed by atoms with Crippen LogP contribution in [0.3, 0.4) is 0 Å². The minimum Gasteiger partial charge on any atom is -0.390 e. The number of hydrogen-bond donors (Lipinski definition) is 2. The van der Waals surface area contributed by atoms with E-state index in [2.05, 4.69) is 29.6 Å². The summed E-state index contributed by atoms with van der Waals surface area (Å²) in [6.07, 6.45) is 1.78. The summed E-state index contributed by atoms with van der Waals surface area (Å²) in [4.78, 5) is 14.6. The maximum Gasteiger partial charge on any atom is 0.226 e. The van der Waals surface area contributed by atoms with Crippen LogP contribution in [0, 0.1) is 11.8 Å². The second-order valence-electron chi connectivity index (χ2n) is 6.69. The molecule has 4 nitrogen and oxygen atoms in total. The van der Waals surface area contributed by atoms with Crippen molar-refractivity contribution in [2.45, 2.75) is 30.9 Å². The zero-order valence-electron chi connectivity index (χ0n) is 12.3. The van der Waals surface area contributed by atoms with Gasteiger partial charge in [-0.3, -0.25) is 4.79 Å². The van der Waals surface area contributed by atoms with Crippen molar-refractivity contribution in [3.05, 3.63) is 35.4 Å². The first kappa shape index (κ1) is 13.3. The number of rotatable bonds is 2. The Morgan fingerprint density at radius 3 is 2.90 bits per heavy atom. The van der Waals surface area contributed by atoms with Gasteiger partial charge in [0, 0.05) is 26.1 Å². The van der Waals surface area contributed by atoms with Crippen molar-refractivity contribution in [3.8, 4) is 0 Å². The minimum atomic E-state index is -0.438. The summed E-state index contributed by atoms with van der Waals surface area (Å²) in [5, 5.41) is 13.1. The molecule has 0 spiro atoms. The Bertz CT molecular complexity index is 574. The van der Waals surface area contributed by atoms with Gasteiger partial charge in [-0.05, 0) is 35.8 Å². The molecule has 2 N–H and O–H groups in total. The molecule has 0 bridgehead atoms. The van der Waals surface area contributed by atoms with Gasteiger partial charge in [0.1, 0.15) is 0 Å². The van der Waals surface area contributed by atoms with E-state index in [-0.39, 0.29) is 17.9 Å². The van der Waals surface area contributed by atoms with Gasteiger partial charge in [-0.2, -0.15) is 0 Å². The average molecular weight is 286 g/mol. The smallest absolute Gasteiger partial charge is 0.226 e. The van der Waals surface area contributed by atoms with Gasteiger partial charge in [0.2, 0.25) is 5.91 Å². The zero-order valence-corrected chi connectivity index (χ0v) is 12.3. The highest BCUT2D eigenvalue weighted by Crippen LogP contribution is 2.60. The number of nitrogens with one attached hydrogen (secondary N) is 1. The van der Waals surface area contributed by atoms with Gasteiger partial charge in [0.15, 0.2) is 0 Å². The van der Waals surface area contributed by atoms with E-state index >= 15 is 0 Å². The number of aryl methyl sites for hydroxylation is 1. The van der Waals surface area contributed by atoms with Crippen LogP contribution in [0.5, 0.6) is 0 Å². The molecule has 3 aliphatic rings. The number of hydrogen-bond acceptors (Lipinski definition) is 3. The van der Waals surface area contributed by atoms with Crippen LogP contribution in [-0.4, -0.2) is 48.2 Å². The molecule has 4 heteroatoms. The topological polar surface area (TPSA) is 52.6 Å². The van der Waals surface area contributed by atoms with Crippen molar-refractivity contribution in [1.29, 1.82) is 0 Å². The highest BCUT2D eigenvalue weighted by Gasteiger charge is 2.58. The number of carbonyl (C=O) groups excluding carboxylic acids is 1. The number of carbonyl (C=O) groups is 1. The van der Waals surface area contributed by atoms with Crippen LogP contribution in [0.15, 0.2) is 24.3 Å². The van der Waals surface area contributed by atoms with Crippen LogP contribution in [0.4, 0.5) is 0 Å². The first-order chi connectivity index (χ1) is 10.2. The highest BCUT2D eigenvalue weighted by molar-refractivity contribution is 5.84. The molecule has 1 aliphatic heterocycles. The summed E-state index contributed by atoms with van der Waals surface area (Å²) in [5.74, 6) is 1.28. The number of aliphatic hydroxyl groups excluding tert-OH is 1. The Hall–Kier alpha value is -1.39. The summed E-state index contributed by atoms with van der Waals surface area (Å²) >= 11 is 0. The second-order valence-corrected chi connectivity index (χ2v) is 6.69. The molecular formula is C17H22N2O2. The molecule has 1 amide bonds. The molecular weight excluding hydrogens is 264 g/mol. The first-order valence-electron chi connectivity index (χ1n) is 7.91. The Balaban J connectivity index is 1.53. The Morgan fingerprint density at radius 1 is 1.33 bits per heavy atom. The van der Waals surface area contributed by atoms with E-state index in [1.165, 1.54) is 11.1 Å². The molecule has 0 radical (unpaired) electrons. The summed E-state index contributed by atoms with van der Waals surface area (Å²) in [6, 6.07) is 8.47. The van der Waals surface area contributed by atoms with Crippen LogP contribution in [0.1, 0.15) is 23.5 Å². The fraction of sp³-hybridized carbons (Fsp3) is 0.588. The summed E-state index contributed by atoms with van der Waals surface area (Å²) in [7, 11) is 1.85. The van der Waals surface area contributed by atoms with Gasteiger partial charge in [0.25, 0.3) is 0 Å². The molecule has 1 saturated heterocycles. The highest BCUT2D eigenvalue weighted by atomic mass is 16.3. The lowest BCUT2D eigenvalue weighted by molar-refractivity contribution is -0.135. The standard InChI is InChI=1S/C17H22N2O2/c1-19(13-8-18-9-14(13)20)17(21)16-12-7-6-10-4-2-3-5-11(10)15(12)16/h2-5,12-16,18,20H,6-9H2,1H3/t12?,13-,14-,15?,16?/m1/s1. The van der Waals surface area contributed by atoms with Gasteiger partial charge in [-0.15, -0.1) is 0 Å². The van der Waals surface area contributed by atoms with E-state index in [9.17, 15) is 9.90 Å². The van der Waals surface area contributed by atoms with Gasteiger partial charge in [-0.1, -0.05) is 24.3 Å². The largest absolute Gasteiger partial charge is 0.390 e. The molecule has 2 aliphatic carbocycles. The number of amides is 1. The van der Waals surface area contributed by atoms with Crippen LogP contribution in [0.2, 0.25) is 0 Å². The normalized spacial score (nSPS) is 36.8. The number of fused-ring (bicyclic) bond motifs is 3. The van der Waals surface area contributed by atoms with Crippen molar-refractivity contribution in [3.63, 3.8) is 0 Å². The lowest BCUT2D eigenvalue weighted by atomic mass is 9.92. The van der Waals surface area contributed by atoms with E-state index in [0.29, 0.717) is 24.9 Å². The zero-order chi connectivity index (χ0) is 14.6. The second kappa shape index (κ2) is 4.82. The van der Waals surface area contributed by atoms with Crippen molar-refractivity contribution in [2.75, 3.05) is 20.1 Å². The number of benzene rings is 1. The van der Waals surface area contributed by atoms with Gasteiger partial charge < -0.3 is 15.3 Å². The van der Waals surface area contributed by atoms with E-state index in [1.807, 2.05) is 7.05 Å². The molecule has 1 aromatic carbocycles. The Morgan fingerprint density at radius 2 is 2.14 bits per heavy atom. The molecule has 0 aromatic heterocycles. The first-order valence-corrected chi connectivity index (χ1v) is 7.91. The predicted octanol–water partition coefficient (Wildman–Crippen LogP) is 0.753. The molecule has 1 aromatic rings. The number of nitrogens with zero attached hydrogens (tertiary/aromatic N) is 1. The van der Waals surface area contributed by atoms with Crippen LogP contribution in [0.25, 0.3) is 0 Å². The van der Waals surface area contributed by atoms with Crippen molar-refractivity contribution in [2.24, 2.45) is 11.8 Å². The molecule has 21 heavy (non-hydrogen) atoms. The maximum atomic E-state index is 12.8. The van der Waals surface area contributed by atoms with Gasteiger partial charge >= 0.3 is 0 Å². The van der Waals surface area contributed by atoms with Gasteiger partial charge in [0.05, 0.1) is 12.1 Å². The van der Waals surface area contributed by atoms with Gasteiger partial charge in [-0.25, -0.2) is 0 Å². The quantitative estimate of drug-likeness (QED) is 0.844. The van der Waals surface area contributed by atoms with E-state index in [0.717, 1.165) is 12.8 Å². The minimum absolute atomic E-state index is 0.0737. The van der Waals surface area contributed by atoms with Crippen molar-refractivity contribution >= 4 is 5.91 Å². The number of β-amino-alcohol motifs (C(OH)–C–C–N with tert-alkyl or cyclic N) is 1. The SMILES string of the molecule is CN(C(=O)C1C2CCc3ccccc3C21)[C@@H]1CNC[C@H]1O. The summed E-state index contributed by atoms with van der Waals surface area (Å²) in [5.41, 5.74) is 2.80. The monoisotopic (exact) mass is 286 g/mol. The third-order valence-electron chi connectivity index (χ3n) is 5.61. The molecule has 3 unspecified atom stereocenters. The Labute approximate surface area is 125 Å². The molecule has 2 fully saturated rings. The lowest BCUT2D eigenvalue weighted by Crippen LogP contribution is -2.45. The molecule has 1 saturated carbocycles.